The van der Waals surface area contributed by atoms with Crippen molar-refractivity contribution in [2.75, 3.05) is 13.2 Å². The van der Waals surface area contributed by atoms with Crippen molar-refractivity contribution in [2.24, 2.45) is 0 Å². The lowest BCUT2D eigenvalue weighted by Gasteiger charge is -2.39. The van der Waals surface area contributed by atoms with Gasteiger partial charge in [-0.05, 0) is 33.6 Å². The van der Waals surface area contributed by atoms with Crippen LogP contribution in [0.4, 0.5) is 0 Å². The zero-order valence-corrected chi connectivity index (χ0v) is 16.1. The number of phosphoric acid groups is 1. The van der Waals surface area contributed by atoms with E-state index in [1.165, 1.54) is 5.57 Å². The Bertz CT molecular complexity index is 542. The second kappa shape index (κ2) is 10.7. The summed E-state index contributed by atoms with van der Waals surface area (Å²) in [5, 5.41) is 38.2. The van der Waals surface area contributed by atoms with Gasteiger partial charge in [0.1, 0.15) is 24.4 Å². The summed E-state index contributed by atoms with van der Waals surface area (Å²) in [6, 6.07) is 0. The Morgan fingerprint density at radius 3 is 2.35 bits per heavy atom. The molecule has 0 aromatic carbocycles. The van der Waals surface area contributed by atoms with Gasteiger partial charge in [0.2, 0.25) is 0 Å². The predicted octanol–water partition coefficient (Wildman–Crippen LogP) is 0.613. The first kappa shape index (κ1) is 23.4. The van der Waals surface area contributed by atoms with E-state index in [0.717, 1.165) is 18.4 Å². The summed E-state index contributed by atoms with van der Waals surface area (Å²) in [5.41, 5.74) is 2.18. The summed E-state index contributed by atoms with van der Waals surface area (Å²) in [7, 11) is -4.60. The van der Waals surface area contributed by atoms with Gasteiger partial charge in [0, 0.05) is 0 Å². The minimum atomic E-state index is -4.60. The van der Waals surface area contributed by atoms with Gasteiger partial charge < -0.3 is 30.1 Å². The molecule has 5 N–H and O–H groups in total. The largest absolute Gasteiger partial charge is 0.474 e. The Morgan fingerprint density at radius 1 is 1.12 bits per heavy atom. The third-order valence-electron chi connectivity index (χ3n) is 3.85. The van der Waals surface area contributed by atoms with Crippen LogP contribution in [-0.2, 0) is 18.3 Å². The molecule has 9 nitrogen and oxygen atoms in total. The van der Waals surface area contributed by atoms with Gasteiger partial charge in [-0.2, -0.15) is 0 Å². The highest BCUT2D eigenvalue weighted by atomic mass is 31.2. The van der Waals surface area contributed by atoms with E-state index < -0.39 is 45.1 Å². The van der Waals surface area contributed by atoms with E-state index >= 15 is 0 Å². The molecule has 10 heteroatoms. The molecule has 1 fully saturated rings. The van der Waals surface area contributed by atoms with Gasteiger partial charge in [0.15, 0.2) is 6.29 Å². The maximum absolute atomic E-state index is 12.0. The second-order valence-corrected chi connectivity index (χ2v) is 7.84. The van der Waals surface area contributed by atoms with Crippen LogP contribution >= 0.6 is 7.82 Å². The van der Waals surface area contributed by atoms with Crippen molar-refractivity contribution < 1.29 is 43.7 Å². The van der Waals surface area contributed by atoms with Gasteiger partial charge in [-0.15, -0.1) is 0 Å². The van der Waals surface area contributed by atoms with E-state index in [2.05, 4.69) is 6.08 Å². The van der Waals surface area contributed by atoms with E-state index in [0.29, 0.717) is 0 Å². The number of phosphoric ester groups is 1. The van der Waals surface area contributed by atoms with Crippen LogP contribution in [-0.4, -0.2) is 69.2 Å². The van der Waals surface area contributed by atoms with Gasteiger partial charge in [0.25, 0.3) is 0 Å². The van der Waals surface area contributed by atoms with E-state index in [-0.39, 0.29) is 6.61 Å². The first-order chi connectivity index (χ1) is 12.1. The molecule has 0 aromatic heterocycles. The first-order valence-corrected chi connectivity index (χ1v) is 9.82. The van der Waals surface area contributed by atoms with Crippen molar-refractivity contribution in [1.29, 1.82) is 0 Å². The van der Waals surface area contributed by atoms with Crippen LogP contribution in [0.1, 0.15) is 33.6 Å². The average molecular weight is 396 g/mol. The fourth-order valence-corrected chi connectivity index (χ4v) is 3.04. The Hall–Kier alpha value is -0.610. The molecule has 0 radical (unpaired) electrons. The number of hydrogen-bond donors (Lipinski definition) is 5. The average Bonchev–Trinajstić information content (AvgIpc) is 2.54. The van der Waals surface area contributed by atoms with Crippen molar-refractivity contribution in [3.05, 3.63) is 23.3 Å². The third-order valence-corrected chi connectivity index (χ3v) is 4.80. The lowest BCUT2D eigenvalue weighted by molar-refractivity contribution is -0.281. The van der Waals surface area contributed by atoms with Crippen molar-refractivity contribution in [2.45, 2.75) is 64.3 Å². The molecule has 0 aromatic rings. The molecule has 0 aliphatic carbocycles. The highest BCUT2D eigenvalue weighted by Gasteiger charge is 2.46. The summed E-state index contributed by atoms with van der Waals surface area (Å²) >= 11 is 0. The zero-order chi connectivity index (χ0) is 19.9. The highest BCUT2D eigenvalue weighted by molar-refractivity contribution is 7.47. The Kier molecular flexibility index (Phi) is 9.60. The molecule has 1 rings (SSSR count). The van der Waals surface area contributed by atoms with Crippen molar-refractivity contribution in [3.63, 3.8) is 0 Å². The molecule has 0 amide bonds. The van der Waals surface area contributed by atoms with E-state index in [9.17, 15) is 24.8 Å². The molecule has 1 unspecified atom stereocenters. The summed E-state index contributed by atoms with van der Waals surface area (Å²) in [5.74, 6) is 0. The molecule has 6 atom stereocenters. The Morgan fingerprint density at radius 2 is 1.77 bits per heavy atom. The lowest BCUT2D eigenvalue weighted by atomic mass is 10.00. The van der Waals surface area contributed by atoms with Gasteiger partial charge in [-0.1, -0.05) is 23.3 Å². The Labute approximate surface area is 153 Å². The summed E-state index contributed by atoms with van der Waals surface area (Å²) in [6.07, 6.45) is -2.70. The van der Waals surface area contributed by atoms with E-state index in [4.69, 9.17) is 18.9 Å². The molecule has 0 bridgehead atoms. The van der Waals surface area contributed by atoms with Gasteiger partial charge in [-0.25, -0.2) is 4.57 Å². The van der Waals surface area contributed by atoms with Crippen LogP contribution in [0.5, 0.6) is 0 Å². The van der Waals surface area contributed by atoms with Crippen LogP contribution in [0.2, 0.25) is 0 Å². The van der Waals surface area contributed by atoms with Gasteiger partial charge >= 0.3 is 7.82 Å². The predicted molar refractivity (Wildman–Crippen MR) is 93.1 cm³/mol. The summed E-state index contributed by atoms with van der Waals surface area (Å²) < 4.78 is 26.5. The molecule has 1 aliphatic heterocycles. The minimum Gasteiger partial charge on any atom is -0.394 e. The summed E-state index contributed by atoms with van der Waals surface area (Å²) in [4.78, 5) is 9.73. The smallest absolute Gasteiger partial charge is 0.394 e. The monoisotopic (exact) mass is 396 g/mol. The van der Waals surface area contributed by atoms with Gasteiger partial charge in [-0.3, -0.25) is 9.05 Å². The SMILES string of the molecule is CC(C)=CCC/C(C)=C/COP(=O)(O)O[C@@H]1O[C@H](CO)[C@@H](O)[C@H](O)[C@H]1O. The number of aliphatic hydroxyl groups is 4. The molecule has 1 aliphatic rings. The minimum absolute atomic E-state index is 0.189. The highest BCUT2D eigenvalue weighted by Crippen LogP contribution is 2.46. The number of hydrogen-bond acceptors (Lipinski definition) is 8. The number of aliphatic hydroxyl groups excluding tert-OH is 4. The zero-order valence-electron chi connectivity index (χ0n) is 15.2. The fraction of sp³-hybridized carbons (Fsp3) is 0.750. The molecule has 26 heavy (non-hydrogen) atoms. The van der Waals surface area contributed by atoms with Crippen LogP contribution in [0, 0.1) is 0 Å². The molecule has 0 saturated carbocycles. The molecular formula is C16H29O9P. The molecule has 152 valence electrons. The number of allylic oxidation sites excluding steroid dienone is 3. The third kappa shape index (κ3) is 7.56. The maximum Gasteiger partial charge on any atom is 0.474 e. The Balaban J connectivity index is 2.55. The van der Waals surface area contributed by atoms with Crippen LogP contribution in [0.3, 0.4) is 0 Å². The lowest BCUT2D eigenvalue weighted by Crippen LogP contribution is -2.58. The van der Waals surface area contributed by atoms with Crippen molar-refractivity contribution in [1.82, 2.24) is 0 Å². The van der Waals surface area contributed by atoms with Gasteiger partial charge in [0.05, 0.1) is 13.2 Å². The quantitative estimate of drug-likeness (QED) is 0.279. The second-order valence-electron chi connectivity index (χ2n) is 6.44. The fourth-order valence-electron chi connectivity index (χ4n) is 2.28. The topological polar surface area (TPSA) is 146 Å². The number of ether oxygens (including phenoxy) is 1. The number of rotatable bonds is 9. The van der Waals surface area contributed by atoms with E-state index in [1.54, 1.807) is 6.08 Å². The van der Waals surface area contributed by atoms with Crippen molar-refractivity contribution >= 4 is 7.82 Å². The molecule has 0 spiro atoms. The van der Waals surface area contributed by atoms with E-state index in [1.807, 2.05) is 20.8 Å². The maximum atomic E-state index is 12.0. The van der Waals surface area contributed by atoms with Crippen LogP contribution in [0.15, 0.2) is 23.3 Å². The molecule has 1 saturated heterocycles. The standard InChI is InChI=1S/C16H29O9P/c1-10(2)5-4-6-11(3)7-8-23-26(21,22)25-16-15(20)14(19)13(18)12(9-17)24-16/h5,7,12-20H,4,6,8-9H2,1-3H3,(H,21,22)/b11-7+/t12-,13-,14+,15-,16+/m1/s1. The normalized spacial score (nSPS) is 32.2. The first-order valence-electron chi connectivity index (χ1n) is 8.32. The summed E-state index contributed by atoms with van der Waals surface area (Å²) in [6.45, 7) is 5.00. The molecular weight excluding hydrogens is 367 g/mol. The van der Waals surface area contributed by atoms with Crippen molar-refractivity contribution in [3.8, 4) is 0 Å². The van der Waals surface area contributed by atoms with Crippen LogP contribution < -0.4 is 0 Å². The molecule has 1 heterocycles. The van der Waals surface area contributed by atoms with Crippen LogP contribution in [0.25, 0.3) is 0 Å².